The summed E-state index contributed by atoms with van der Waals surface area (Å²) in [5.41, 5.74) is 0.500. The Labute approximate surface area is 113 Å². The van der Waals surface area contributed by atoms with Crippen LogP contribution in [-0.2, 0) is 17.7 Å². The number of carbonyl (C=O) groups is 1. The molecule has 5 heteroatoms. The number of hydrogen-bond donors (Lipinski definition) is 0. The fraction of sp³-hybridized carbons (Fsp3) is 0.692. The first-order valence-electron chi connectivity index (χ1n) is 6.43. The predicted octanol–water partition coefficient (Wildman–Crippen LogP) is 3.12. The Balaban J connectivity index is 2.73. The average Bonchev–Trinajstić information content (AvgIpc) is 2.67. The number of carbonyl (C=O) groups excluding carboxylic acids is 1. The molecule has 0 atom stereocenters. The standard InChI is InChI=1S/C13H21ClN2O2/c1-3-4-7-12-15-13(14)11(10-17)16(12)8-5-6-9-18-2/h10H,3-9H2,1-2H3. The minimum absolute atomic E-state index is 0.322. The van der Waals surface area contributed by atoms with Gasteiger partial charge >= 0.3 is 0 Å². The van der Waals surface area contributed by atoms with E-state index in [4.69, 9.17) is 16.3 Å². The zero-order valence-corrected chi connectivity index (χ0v) is 11.9. The van der Waals surface area contributed by atoms with Crippen LogP contribution < -0.4 is 0 Å². The lowest BCUT2D eigenvalue weighted by Crippen LogP contribution is -2.08. The van der Waals surface area contributed by atoms with E-state index in [1.165, 1.54) is 0 Å². The fourth-order valence-corrected chi connectivity index (χ4v) is 2.13. The number of aromatic nitrogens is 2. The SMILES string of the molecule is CCCCc1nc(Cl)c(C=O)n1CCCCOC. The van der Waals surface area contributed by atoms with E-state index in [1.807, 2.05) is 4.57 Å². The Morgan fingerprint density at radius 3 is 2.78 bits per heavy atom. The van der Waals surface area contributed by atoms with Crippen LogP contribution >= 0.6 is 11.6 Å². The second-order valence-corrected chi connectivity index (χ2v) is 4.64. The van der Waals surface area contributed by atoms with Crippen molar-refractivity contribution in [2.24, 2.45) is 0 Å². The highest BCUT2D eigenvalue weighted by Gasteiger charge is 2.14. The van der Waals surface area contributed by atoms with E-state index in [2.05, 4.69) is 11.9 Å². The Kier molecular flexibility index (Phi) is 6.98. The van der Waals surface area contributed by atoms with Gasteiger partial charge in [0, 0.05) is 26.7 Å². The normalized spacial score (nSPS) is 10.8. The molecule has 4 nitrogen and oxygen atoms in total. The summed E-state index contributed by atoms with van der Waals surface area (Å²) >= 11 is 5.98. The van der Waals surface area contributed by atoms with Crippen molar-refractivity contribution >= 4 is 17.9 Å². The number of nitrogens with zero attached hydrogens (tertiary/aromatic N) is 2. The lowest BCUT2D eigenvalue weighted by atomic mass is 10.2. The maximum absolute atomic E-state index is 11.1. The Hall–Kier alpha value is -0.870. The maximum atomic E-state index is 11.1. The van der Waals surface area contributed by atoms with Crippen molar-refractivity contribution in [2.75, 3.05) is 13.7 Å². The van der Waals surface area contributed by atoms with Crippen molar-refractivity contribution in [2.45, 2.75) is 45.6 Å². The molecule has 0 aliphatic heterocycles. The van der Waals surface area contributed by atoms with Gasteiger partial charge in [-0.2, -0.15) is 0 Å². The van der Waals surface area contributed by atoms with Crippen molar-refractivity contribution < 1.29 is 9.53 Å². The van der Waals surface area contributed by atoms with Gasteiger partial charge < -0.3 is 9.30 Å². The van der Waals surface area contributed by atoms with Crippen LogP contribution in [-0.4, -0.2) is 29.6 Å². The zero-order chi connectivity index (χ0) is 13.4. The highest BCUT2D eigenvalue weighted by Crippen LogP contribution is 2.18. The molecule has 0 aliphatic carbocycles. The summed E-state index contributed by atoms with van der Waals surface area (Å²) < 4.78 is 6.96. The van der Waals surface area contributed by atoms with Gasteiger partial charge in [-0.3, -0.25) is 4.79 Å². The molecule has 18 heavy (non-hydrogen) atoms. The van der Waals surface area contributed by atoms with Crippen molar-refractivity contribution in [3.05, 3.63) is 16.7 Å². The summed E-state index contributed by atoms with van der Waals surface area (Å²) in [6.07, 6.45) is 5.75. The number of imidazole rings is 1. The summed E-state index contributed by atoms with van der Waals surface area (Å²) in [4.78, 5) is 15.3. The molecule has 0 aliphatic rings. The van der Waals surface area contributed by atoms with E-state index in [0.29, 0.717) is 10.8 Å². The number of methoxy groups -OCH3 is 1. The van der Waals surface area contributed by atoms with Crippen LogP contribution in [0.15, 0.2) is 0 Å². The molecule has 0 spiro atoms. The highest BCUT2D eigenvalue weighted by atomic mass is 35.5. The molecule has 0 unspecified atom stereocenters. The van der Waals surface area contributed by atoms with Gasteiger partial charge in [-0.15, -0.1) is 0 Å². The summed E-state index contributed by atoms with van der Waals surface area (Å²) in [5.74, 6) is 0.918. The first-order valence-corrected chi connectivity index (χ1v) is 6.81. The summed E-state index contributed by atoms with van der Waals surface area (Å²) in [5, 5.41) is 0.322. The third kappa shape index (κ3) is 4.10. The van der Waals surface area contributed by atoms with Crippen molar-refractivity contribution in [1.29, 1.82) is 0 Å². The van der Waals surface area contributed by atoms with Crippen LogP contribution in [0.2, 0.25) is 5.15 Å². The van der Waals surface area contributed by atoms with Crippen LogP contribution in [0.1, 0.15) is 48.9 Å². The molecule has 1 aromatic heterocycles. The van der Waals surface area contributed by atoms with E-state index in [9.17, 15) is 4.79 Å². The van der Waals surface area contributed by atoms with Gasteiger partial charge in [-0.05, 0) is 19.3 Å². The third-order valence-corrected chi connectivity index (χ3v) is 3.16. The number of hydrogen-bond acceptors (Lipinski definition) is 3. The zero-order valence-electron chi connectivity index (χ0n) is 11.1. The Morgan fingerprint density at radius 2 is 2.17 bits per heavy atom. The molecule has 0 aromatic carbocycles. The molecule has 0 N–H and O–H groups in total. The van der Waals surface area contributed by atoms with E-state index in [-0.39, 0.29) is 0 Å². The van der Waals surface area contributed by atoms with Crippen molar-refractivity contribution in [1.82, 2.24) is 9.55 Å². The number of ether oxygens (including phenoxy) is 1. The molecule has 0 saturated heterocycles. The minimum atomic E-state index is 0.322. The fourth-order valence-electron chi connectivity index (χ4n) is 1.89. The van der Waals surface area contributed by atoms with Gasteiger partial charge in [0.15, 0.2) is 11.4 Å². The van der Waals surface area contributed by atoms with Crippen LogP contribution in [0.5, 0.6) is 0 Å². The molecular formula is C13H21ClN2O2. The van der Waals surface area contributed by atoms with Gasteiger partial charge in [0.1, 0.15) is 11.5 Å². The molecular weight excluding hydrogens is 252 g/mol. The van der Waals surface area contributed by atoms with Crippen LogP contribution in [0, 0.1) is 0 Å². The summed E-state index contributed by atoms with van der Waals surface area (Å²) in [6, 6.07) is 0. The largest absolute Gasteiger partial charge is 0.385 e. The number of halogens is 1. The Morgan fingerprint density at radius 1 is 1.39 bits per heavy atom. The van der Waals surface area contributed by atoms with Crippen molar-refractivity contribution in [3.8, 4) is 0 Å². The molecule has 1 heterocycles. The first kappa shape index (κ1) is 15.2. The number of unbranched alkanes of at least 4 members (excludes halogenated alkanes) is 2. The van der Waals surface area contributed by atoms with E-state index >= 15 is 0 Å². The van der Waals surface area contributed by atoms with E-state index in [0.717, 1.165) is 57.4 Å². The highest BCUT2D eigenvalue weighted by molar-refractivity contribution is 6.31. The van der Waals surface area contributed by atoms with Crippen LogP contribution in [0.3, 0.4) is 0 Å². The van der Waals surface area contributed by atoms with Gasteiger partial charge in [-0.25, -0.2) is 4.98 Å². The molecule has 0 amide bonds. The molecule has 1 rings (SSSR count). The summed E-state index contributed by atoms with van der Waals surface area (Å²) in [6.45, 7) is 3.65. The second-order valence-electron chi connectivity index (χ2n) is 4.28. The minimum Gasteiger partial charge on any atom is -0.385 e. The van der Waals surface area contributed by atoms with E-state index in [1.54, 1.807) is 7.11 Å². The first-order chi connectivity index (χ1) is 8.74. The van der Waals surface area contributed by atoms with Gasteiger partial charge in [0.2, 0.25) is 0 Å². The molecule has 0 fully saturated rings. The maximum Gasteiger partial charge on any atom is 0.169 e. The van der Waals surface area contributed by atoms with Gasteiger partial charge in [0.25, 0.3) is 0 Å². The van der Waals surface area contributed by atoms with Gasteiger partial charge in [0.05, 0.1) is 0 Å². The predicted molar refractivity (Wildman–Crippen MR) is 72.3 cm³/mol. The molecule has 0 saturated carbocycles. The van der Waals surface area contributed by atoms with E-state index < -0.39 is 0 Å². The third-order valence-electron chi connectivity index (χ3n) is 2.89. The Bertz CT molecular complexity index is 377. The lowest BCUT2D eigenvalue weighted by molar-refractivity contribution is 0.111. The molecule has 1 aromatic rings. The molecule has 102 valence electrons. The summed E-state index contributed by atoms with van der Waals surface area (Å²) in [7, 11) is 1.69. The number of rotatable bonds is 9. The monoisotopic (exact) mass is 272 g/mol. The average molecular weight is 273 g/mol. The molecule has 0 radical (unpaired) electrons. The smallest absolute Gasteiger partial charge is 0.169 e. The van der Waals surface area contributed by atoms with Gasteiger partial charge in [-0.1, -0.05) is 24.9 Å². The van der Waals surface area contributed by atoms with Crippen LogP contribution in [0.4, 0.5) is 0 Å². The number of aldehydes is 1. The topological polar surface area (TPSA) is 44.1 Å². The lowest BCUT2D eigenvalue weighted by Gasteiger charge is -2.09. The van der Waals surface area contributed by atoms with Crippen molar-refractivity contribution in [3.63, 3.8) is 0 Å². The quantitative estimate of drug-likeness (QED) is 0.512. The number of aryl methyl sites for hydroxylation is 1. The van der Waals surface area contributed by atoms with Crippen LogP contribution in [0.25, 0.3) is 0 Å². The molecule has 0 bridgehead atoms. The second kappa shape index (κ2) is 8.27.